The molecular formula is C13H17NO3S2. The van der Waals surface area contributed by atoms with Crippen molar-refractivity contribution in [3.8, 4) is 0 Å². The molecule has 4 nitrogen and oxygen atoms in total. The zero-order valence-corrected chi connectivity index (χ0v) is 13.0. The molecule has 0 aliphatic heterocycles. The molecule has 0 saturated carbocycles. The average molecular weight is 299 g/mol. The molecule has 0 fully saturated rings. The van der Waals surface area contributed by atoms with E-state index in [2.05, 4.69) is 31.7 Å². The van der Waals surface area contributed by atoms with Crippen molar-refractivity contribution in [1.29, 1.82) is 0 Å². The summed E-state index contributed by atoms with van der Waals surface area (Å²) in [4.78, 5) is 1.20. The molecule has 19 heavy (non-hydrogen) atoms. The average Bonchev–Trinajstić information content (AvgIpc) is 2.56. The quantitative estimate of drug-likeness (QED) is 0.598. The van der Waals surface area contributed by atoms with E-state index in [9.17, 15) is 13.0 Å². The summed E-state index contributed by atoms with van der Waals surface area (Å²) >= 11 is 1.83. The summed E-state index contributed by atoms with van der Waals surface area (Å²) in [6.07, 6.45) is 2.14. The zero-order valence-electron chi connectivity index (χ0n) is 11.4. The number of hydrogen-bond donors (Lipinski definition) is 0. The number of benzene rings is 1. The normalized spacial score (nSPS) is 10.8. The van der Waals surface area contributed by atoms with Crippen molar-refractivity contribution in [3.05, 3.63) is 45.9 Å². The maximum atomic E-state index is 10.4. The Balaban J connectivity index is 0.000000200. The van der Waals surface area contributed by atoms with Gasteiger partial charge in [0, 0.05) is 6.92 Å². The largest absolute Gasteiger partial charge is 0.744 e. The van der Waals surface area contributed by atoms with Gasteiger partial charge in [0.1, 0.15) is 17.2 Å². The number of hydrogen-bond acceptors (Lipinski definition) is 4. The van der Waals surface area contributed by atoms with Crippen molar-refractivity contribution in [2.75, 3.05) is 0 Å². The van der Waals surface area contributed by atoms with Crippen LogP contribution in [0.2, 0.25) is 0 Å². The van der Waals surface area contributed by atoms with Gasteiger partial charge >= 0.3 is 0 Å². The van der Waals surface area contributed by atoms with Crippen molar-refractivity contribution in [2.45, 2.75) is 25.7 Å². The van der Waals surface area contributed by atoms with Gasteiger partial charge in [0.2, 0.25) is 5.01 Å². The highest BCUT2D eigenvalue weighted by Crippen LogP contribution is 2.08. The van der Waals surface area contributed by atoms with E-state index >= 15 is 0 Å². The Morgan fingerprint density at radius 1 is 1.11 bits per heavy atom. The molecule has 6 heteroatoms. The maximum absolute atomic E-state index is 10.4. The van der Waals surface area contributed by atoms with Crippen LogP contribution in [0.4, 0.5) is 0 Å². The third-order valence-electron chi connectivity index (χ3n) is 2.49. The van der Waals surface area contributed by atoms with Crippen LogP contribution in [0.3, 0.4) is 0 Å². The van der Waals surface area contributed by atoms with E-state index in [1.54, 1.807) is 12.1 Å². The lowest BCUT2D eigenvalue weighted by Crippen LogP contribution is -2.27. The van der Waals surface area contributed by atoms with Crippen LogP contribution in [-0.4, -0.2) is 13.0 Å². The lowest BCUT2D eigenvalue weighted by atomic mass is 10.2. The van der Waals surface area contributed by atoms with Crippen LogP contribution in [0.1, 0.15) is 15.4 Å². The minimum Gasteiger partial charge on any atom is -0.744 e. The highest BCUT2D eigenvalue weighted by molar-refractivity contribution is 7.85. The standard InChI is InChI=1S/C7H8O3S.C6H10NS/c1-6-2-4-7(5-3-6)11(8,9)10;1-5-4-7(3)6(2)8-5/h2-5H,1H3,(H,8,9,10);4H,1-3H3/q;+1/p-1. The molecular weight excluding hydrogens is 282 g/mol. The van der Waals surface area contributed by atoms with Gasteiger partial charge in [-0.05, 0) is 26.0 Å². The maximum Gasteiger partial charge on any atom is 0.234 e. The molecule has 0 saturated heterocycles. The van der Waals surface area contributed by atoms with Crippen molar-refractivity contribution in [1.82, 2.24) is 0 Å². The first-order valence-corrected chi connectivity index (χ1v) is 7.88. The van der Waals surface area contributed by atoms with Gasteiger partial charge in [-0.1, -0.05) is 29.0 Å². The van der Waals surface area contributed by atoms with E-state index < -0.39 is 10.1 Å². The fourth-order valence-corrected chi connectivity index (χ4v) is 2.74. The summed E-state index contributed by atoms with van der Waals surface area (Å²) in [5.74, 6) is 0. The predicted octanol–water partition coefficient (Wildman–Crippen LogP) is 2.09. The summed E-state index contributed by atoms with van der Waals surface area (Å²) in [6.45, 7) is 6.07. The monoisotopic (exact) mass is 299 g/mol. The molecule has 0 N–H and O–H groups in total. The number of aryl methyl sites for hydroxylation is 4. The SMILES string of the molecule is Cc1c[n+](C)c(C)s1.Cc1ccc(S(=O)(=O)[O-])cc1. The van der Waals surface area contributed by atoms with Crippen LogP contribution in [0.25, 0.3) is 0 Å². The Kier molecular flexibility index (Phi) is 5.22. The predicted molar refractivity (Wildman–Crippen MR) is 74.1 cm³/mol. The summed E-state index contributed by atoms with van der Waals surface area (Å²) in [5, 5.41) is 1.36. The van der Waals surface area contributed by atoms with Crippen LogP contribution in [0.15, 0.2) is 35.4 Å². The Bertz CT molecular complexity index is 624. The van der Waals surface area contributed by atoms with Crippen molar-refractivity contribution < 1.29 is 17.5 Å². The minimum atomic E-state index is -4.27. The fraction of sp³-hybridized carbons (Fsp3) is 0.308. The second kappa shape index (κ2) is 6.27. The Morgan fingerprint density at radius 3 is 1.89 bits per heavy atom. The fourth-order valence-electron chi connectivity index (χ4n) is 1.40. The van der Waals surface area contributed by atoms with E-state index in [-0.39, 0.29) is 4.90 Å². The molecule has 2 rings (SSSR count). The smallest absolute Gasteiger partial charge is 0.234 e. The third kappa shape index (κ3) is 5.10. The van der Waals surface area contributed by atoms with Gasteiger partial charge in [-0.3, -0.25) is 0 Å². The van der Waals surface area contributed by atoms with Crippen LogP contribution in [0, 0.1) is 20.8 Å². The lowest BCUT2D eigenvalue weighted by Gasteiger charge is -2.05. The molecule has 0 radical (unpaired) electrons. The van der Waals surface area contributed by atoms with E-state index in [0.717, 1.165) is 5.56 Å². The summed E-state index contributed by atoms with van der Waals surface area (Å²) in [5.41, 5.74) is 0.928. The molecule has 0 aliphatic carbocycles. The zero-order chi connectivity index (χ0) is 14.6. The molecule has 0 unspecified atom stereocenters. The number of nitrogens with zero attached hydrogens (tertiary/aromatic N) is 1. The molecule has 2 aromatic rings. The van der Waals surface area contributed by atoms with E-state index in [1.165, 1.54) is 22.0 Å². The first-order valence-electron chi connectivity index (χ1n) is 5.65. The minimum absolute atomic E-state index is 0.178. The Labute approximate surface area is 118 Å². The third-order valence-corrected chi connectivity index (χ3v) is 4.35. The van der Waals surface area contributed by atoms with Crippen molar-refractivity contribution in [2.24, 2.45) is 7.05 Å². The Morgan fingerprint density at radius 2 is 1.63 bits per heavy atom. The summed E-state index contributed by atoms with van der Waals surface area (Å²) < 4.78 is 33.3. The molecule has 1 aromatic heterocycles. The Hall–Kier alpha value is -1.24. The van der Waals surface area contributed by atoms with Gasteiger partial charge in [-0.15, -0.1) is 0 Å². The van der Waals surface area contributed by atoms with Crippen LogP contribution in [0.5, 0.6) is 0 Å². The lowest BCUT2D eigenvalue weighted by molar-refractivity contribution is -0.672. The van der Waals surface area contributed by atoms with Gasteiger partial charge in [0.15, 0.2) is 6.20 Å². The first kappa shape index (κ1) is 15.8. The molecule has 0 amide bonds. The number of aromatic nitrogens is 1. The van der Waals surface area contributed by atoms with Crippen molar-refractivity contribution >= 4 is 21.5 Å². The van der Waals surface area contributed by atoms with Crippen LogP contribution < -0.4 is 4.57 Å². The van der Waals surface area contributed by atoms with Gasteiger partial charge in [0.25, 0.3) is 0 Å². The molecule has 0 bridgehead atoms. The van der Waals surface area contributed by atoms with Gasteiger partial charge < -0.3 is 4.55 Å². The second-order valence-corrected chi connectivity index (χ2v) is 7.06. The second-order valence-electron chi connectivity index (χ2n) is 4.24. The van der Waals surface area contributed by atoms with Gasteiger partial charge in [-0.2, -0.15) is 4.57 Å². The number of rotatable bonds is 1. The highest BCUT2D eigenvalue weighted by atomic mass is 32.2. The first-order chi connectivity index (χ1) is 8.70. The van der Waals surface area contributed by atoms with E-state index in [4.69, 9.17) is 0 Å². The summed E-state index contributed by atoms with van der Waals surface area (Å²) in [7, 11) is -2.20. The topological polar surface area (TPSA) is 61.1 Å². The van der Waals surface area contributed by atoms with Gasteiger partial charge in [0.05, 0.1) is 9.77 Å². The molecule has 0 aliphatic rings. The molecule has 0 atom stereocenters. The molecule has 104 valence electrons. The molecule has 1 aromatic carbocycles. The van der Waals surface area contributed by atoms with E-state index in [0.29, 0.717) is 0 Å². The number of thiazole rings is 1. The van der Waals surface area contributed by atoms with Crippen molar-refractivity contribution in [3.63, 3.8) is 0 Å². The summed E-state index contributed by atoms with van der Waals surface area (Å²) in [6, 6.07) is 5.78. The highest BCUT2D eigenvalue weighted by Gasteiger charge is 2.02. The van der Waals surface area contributed by atoms with E-state index in [1.807, 2.05) is 18.3 Å². The molecule has 1 heterocycles. The van der Waals surface area contributed by atoms with Crippen LogP contribution in [-0.2, 0) is 17.2 Å². The van der Waals surface area contributed by atoms with Gasteiger partial charge in [-0.25, -0.2) is 8.42 Å². The molecule has 0 spiro atoms. The van der Waals surface area contributed by atoms with Crippen LogP contribution >= 0.6 is 11.3 Å².